The van der Waals surface area contributed by atoms with Gasteiger partial charge in [-0.05, 0) is 50.2 Å². The molecule has 1 fully saturated rings. The fraction of sp³-hybridized carbons (Fsp3) is 0.364. The maximum atomic E-state index is 5.99. The van der Waals surface area contributed by atoms with Gasteiger partial charge in [-0.2, -0.15) is 0 Å². The normalized spacial score (nSPS) is 16.2. The van der Waals surface area contributed by atoms with E-state index in [0.29, 0.717) is 11.8 Å². The second-order valence-corrected chi connectivity index (χ2v) is 7.21. The summed E-state index contributed by atoms with van der Waals surface area (Å²) < 4.78 is 11.2. The van der Waals surface area contributed by atoms with Crippen LogP contribution in [-0.4, -0.2) is 48.4 Å². The van der Waals surface area contributed by atoms with Crippen LogP contribution in [-0.2, 0) is 0 Å². The average Bonchev–Trinajstić information content (AvgIpc) is 3.24. The largest absolute Gasteiger partial charge is 0.497 e. The Morgan fingerprint density at radius 1 is 1.00 bits per heavy atom. The summed E-state index contributed by atoms with van der Waals surface area (Å²) in [7, 11) is 1.69. The van der Waals surface area contributed by atoms with E-state index in [0.717, 1.165) is 37.5 Å². The molecule has 1 saturated heterocycles. The Hall–Kier alpha value is -2.86. The molecule has 28 heavy (non-hydrogen) atoms. The van der Waals surface area contributed by atoms with Crippen LogP contribution in [0.25, 0.3) is 11.5 Å². The van der Waals surface area contributed by atoms with E-state index in [4.69, 9.17) is 9.15 Å². The number of benzene rings is 2. The fourth-order valence-corrected chi connectivity index (χ4v) is 3.61. The molecule has 1 aromatic heterocycles. The zero-order chi connectivity index (χ0) is 19.5. The van der Waals surface area contributed by atoms with Gasteiger partial charge in [0.1, 0.15) is 5.75 Å². The number of piperazine rings is 1. The molecule has 0 radical (unpaired) electrons. The zero-order valence-electron chi connectivity index (χ0n) is 16.6. The topological polar surface area (TPSA) is 54.6 Å². The summed E-state index contributed by atoms with van der Waals surface area (Å²) in [6.07, 6.45) is 0. The molecular weight excluding hydrogens is 352 g/mol. The van der Waals surface area contributed by atoms with Crippen molar-refractivity contribution in [2.75, 3.05) is 38.2 Å². The van der Waals surface area contributed by atoms with Crippen LogP contribution in [0, 0.1) is 6.92 Å². The van der Waals surface area contributed by atoms with Crippen molar-refractivity contribution in [2.45, 2.75) is 19.9 Å². The maximum absolute atomic E-state index is 5.99. The van der Waals surface area contributed by atoms with E-state index in [-0.39, 0.29) is 6.04 Å². The Bertz CT molecular complexity index is 914. The van der Waals surface area contributed by atoms with E-state index in [1.807, 2.05) is 24.3 Å². The van der Waals surface area contributed by atoms with Crippen LogP contribution in [0.3, 0.4) is 0 Å². The van der Waals surface area contributed by atoms with Crippen LogP contribution in [0.4, 0.5) is 5.69 Å². The van der Waals surface area contributed by atoms with Gasteiger partial charge in [0.05, 0.1) is 13.2 Å². The molecule has 0 N–H and O–H groups in total. The third-order valence-corrected chi connectivity index (χ3v) is 5.36. The third-order valence-electron chi connectivity index (χ3n) is 5.36. The number of ether oxygens (including phenoxy) is 1. The highest BCUT2D eigenvalue weighted by Gasteiger charge is 2.26. The van der Waals surface area contributed by atoms with Crippen LogP contribution in [0.15, 0.2) is 52.9 Å². The summed E-state index contributed by atoms with van der Waals surface area (Å²) in [6, 6.07) is 16.5. The Balaban J connectivity index is 1.39. The van der Waals surface area contributed by atoms with Crippen LogP contribution in [0.2, 0.25) is 0 Å². The van der Waals surface area contributed by atoms with Gasteiger partial charge in [0.15, 0.2) is 0 Å². The first-order valence-electron chi connectivity index (χ1n) is 9.67. The molecule has 1 aliphatic heterocycles. The first-order valence-corrected chi connectivity index (χ1v) is 9.67. The van der Waals surface area contributed by atoms with Crippen molar-refractivity contribution >= 4 is 5.69 Å². The summed E-state index contributed by atoms with van der Waals surface area (Å²) >= 11 is 0. The lowest BCUT2D eigenvalue weighted by molar-refractivity contribution is 0.174. The summed E-state index contributed by atoms with van der Waals surface area (Å²) in [5.74, 6) is 2.15. The monoisotopic (exact) mass is 378 g/mol. The number of nitrogens with zero attached hydrogens (tertiary/aromatic N) is 4. The second kappa shape index (κ2) is 8.02. The van der Waals surface area contributed by atoms with Gasteiger partial charge in [-0.1, -0.05) is 17.7 Å². The number of rotatable bonds is 5. The van der Waals surface area contributed by atoms with Gasteiger partial charge in [0.2, 0.25) is 11.8 Å². The minimum absolute atomic E-state index is 0.101. The van der Waals surface area contributed by atoms with Crippen molar-refractivity contribution in [1.29, 1.82) is 0 Å². The van der Waals surface area contributed by atoms with Gasteiger partial charge in [0.25, 0.3) is 0 Å². The highest BCUT2D eigenvalue weighted by Crippen LogP contribution is 2.27. The van der Waals surface area contributed by atoms with Gasteiger partial charge in [-0.25, -0.2) is 0 Å². The van der Waals surface area contributed by atoms with E-state index in [9.17, 15) is 0 Å². The quantitative estimate of drug-likeness (QED) is 0.670. The molecular formula is C22H26N4O2. The maximum Gasteiger partial charge on any atom is 0.247 e. The van der Waals surface area contributed by atoms with Crippen molar-refractivity contribution in [3.63, 3.8) is 0 Å². The van der Waals surface area contributed by atoms with E-state index in [1.54, 1.807) is 7.11 Å². The second-order valence-electron chi connectivity index (χ2n) is 7.21. The van der Waals surface area contributed by atoms with Crippen molar-refractivity contribution in [3.8, 4) is 17.2 Å². The first kappa shape index (κ1) is 18.5. The van der Waals surface area contributed by atoms with E-state index < -0.39 is 0 Å². The van der Waals surface area contributed by atoms with Crippen molar-refractivity contribution in [3.05, 3.63) is 60.0 Å². The number of methoxy groups -OCH3 is 1. The van der Waals surface area contributed by atoms with Gasteiger partial charge in [-0.15, -0.1) is 10.2 Å². The summed E-state index contributed by atoms with van der Waals surface area (Å²) in [5, 5.41) is 8.56. The molecule has 0 saturated carbocycles. The van der Waals surface area contributed by atoms with Crippen LogP contribution < -0.4 is 9.64 Å². The third kappa shape index (κ3) is 3.87. The van der Waals surface area contributed by atoms with E-state index in [2.05, 4.69) is 58.1 Å². The zero-order valence-corrected chi connectivity index (χ0v) is 16.6. The lowest BCUT2D eigenvalue weighted by Crippen LogP contribution is -2.47. The van der Waals surface area contributed by atoms with E-state index in [1.165, 1.54) is 11.3 Å². The first-order chi connectivity index (χ1) is 13.6. The molecule has 0 spiro atoms. The Morgan fingerprint density at radius 3 is 2.43 bits per heavy atom. The Labute approximate surface area is 165 Å². The number of anilines is 1. The van der Waals surface area contributed by atoms with Gasteiger partial charge >= 0.3 is 0 Å². The molecule has 2 heterocycles. The predicted octanol–water partition coefficient (Wildman–Crippen LogP) is 3.94. The van der Waals surface area contributed by atoms with Crippen molar-refractivity contribution in [1.82, 2.24) is 15.1 Å². The molecule has 0 aliphatic carbocycles. The summed E-state index contributed by atoms with van der Waals surface area (Å²) in [5.41, 5.74) is 3.38. The van der Waals surface area contributed by atoms with Crippen LogP contribution in [0.5, 0.6) is 5.75 Å². The standard InChI is InChI=1S/C22H26N4O2/c1-16-5-4-6-18(15-16)22-24-23-21(28-22)17(2)25-11-13-26(14-12-25)19-7-9-20(27-3)10-8-19/h4-10,15,17H,11-14H2,1-3H3/t17-/m1/s1. The Kier molecular flexibility index (Phi) is 5.30. The molecule has 2 aromatic carbocycles. The number of aryl methyl sites for hydroxylation is 1. The lowest BCUT2D eigenvalue weighted by Gasteiger charge is -2.38. The molecule has 3 aromatic rings. The summed E-state index contributed by atoms with van der Waals surface area (Å²) in [6.45, 7) is 8.04. The highest BCUT2D eigenvalue weighted by atomic mass is 16.5. The molecule has 1 aliphatic rings. The van der Waals surface area contributed by atoms with Crippen molar-refractivity contribution in [2.24, 2.45) is 0 Å². The summed E-state index contributed by atoms with van der Waals surface area (Å²) in [4.78, 5) is 4.79. The van der Waals surface area contributed by atoms with E-state index >= 15 is 0 Å². The smallest absolute Gasteiger partial charge is 0.247 e. The van der Waals surface area contributed by atoms with Gasteiger partial charge < -0.3 is 14.1 Å². The lowest BCUT2D eigenvalue weighted by atomic mass is 10.1. The Morgan fingerprint density at radius 2 is 1.75 bits per heavy atom. The molecule has 146 valence electrons. The average molecular weight is 378 g/mol. The predicted molar refractivity (Wildman–Crippen MR) is 110 cm³/mol. The molecule has 1 atom stereocenters. The molecule has 6 heteroatoms. The SMILES string of the molecule is COc1ccc(N2CCN([C@H](C)c3nnc(-c4cccc(C)c4)o3)CC2)cc1. The highest BCUT2D eigenvalue weighted by molar-refractivity contribution is 5.53. The van der Waals surface area contributed by atoms with Crippen molar-refractivity contribution < 1.29 is 9.15 Å². The minimum Gasteiger partial charge on any atom is -0.497 e. The number of aromatic nitrogens is 2. The van der Waals surface area contributed by atoms with Gasteiger partial charge in [0, 0.05) is 37.4 Å². The number of hydrogen-bond acceptors (Lipinski definition) is 6. The van der Waals surface area contributed by atoms with Crippen LogP contribution >= 0.6 is 0 Å². The fourth-order valence-electron chi connectivity index (χ4n) is 3.61. The molecule has 0 unspecified atom stereocenters. The molecule has 4 rings (SSSR count). The minimum atomic E-state index is 0.101. The van der Waals surface area contributed by atoms with Crippen LogP contribution in [0.1, 0.15) is 24.4 Å². The molecule has 0 bridgehead atoms. The molecule has 6 nitrogen and oxygen atoms in total. The molecule has 0 amide bonds. The number of hydrogen-bond donors (Lipinski definition) is 0. The van der Waals surface area contributed by atoms with Gasteiger partial charge in [-0.3, -0.25) is 4.90 Å².